The van der Waals surface area contributed by atoms with Crippen LogP contribution in [0.5, 0.6) is 11.6 Å². The number of rotatable bonds is 1. The van der Waals surface area contributed by atoms with Gasteiger partial charge in [-0.15, -0.1) is 0 Å². The molecule has 1 aliphatic carbocycles. The monoisotopic (exact) mass is 273 g/mol. The third kappa shape index (κ3) is 1.23. The van der Waals surface area contributed by atoms with Gasteiger partial charge in [0.1, 0.15) is 16.2 Å². The second-order valence-electron chi connectivity index (χ2n) is 3.75. The molecule has 1 aromatic carbocycles. The summed E-state index contributed by atoms with van der Waals surface area (Å²) in [6, 6.07) is 4.42. The fourth-order valence-electron chi connectivity index (χ4n) is 1.99. The highest BCUT2D eigenvalue weighted by atomic mass is 32.1. The first-order valence-electron chi connectivity index (χ1n) is 5.10. The van der Waals surface area contributed by atoms with Gasteiger partial charge >= 0.3 is 0 Å². The molecule has 1 heterocycles. The first kappa shape index (κ1) is 10.9. The molecule has 0 saturated heterocycles. The van der Waals surface area contributed by atoms with Crippen LogP contribution in [0.2, 0.25) is 0 Å². The van der Waals surface area contributed by atoms with E-state index < -0.39 is 5.78 Å². The van der Waals surface area contributed by atoms with Gasteiger partial charge in [-0.3, -0.25) is 9.59 Å². The lowest BCUT2D eigenvalue weighted by atomic mass is 10.9. The first-order chi connectivity index (χ1) is 8.65. The van der Waals surface area contributed by atoms with Crippen LogP contribution >= 0.6 is 11.5 Å². The van der Waals surface area contributed by atoms with Crippen molar-refractivity contribution < 1.29 is 19.4 Å². The quantitative estimate of drug-likeness (QED) is 0.682. The van der Waals surface area contributed by atoms with Crippen molar-refractivity contribution in [3.8, 4) is 11.6 Å². The van der Waals surface area contributed by atoms with Crippen LogP contribution in [0.4, 0.5) is 0 Å². The molecular weight excluding hydrogens is 266 g/mol. The molecule has 0 amide bonds. The van der Waals surface area contributed by atoms with Crippen LogP contribution in [-0.4, -0.2) is 28.2 Å². The lowest BCUT2D eigenvalue weighted by Crippen LogP contribution is -2.19. The number of carbonyl (C=O) groups is 2. The molecular formula is C12H7NO4S. The third-order valence-corrected chi connectivity index (χ3v) is 3.63. The summed E-state index contributed by atoms with van der Waals surface area (Å²) in [7, 11) is 1.38. The van der Waals surface area contributed by atoms with E-state index in [-0.39, 0.29) is 39.0 Å². The Hall–Kier alpha value is -2.21. The summed E-state index contributed by atoms with van der Waals surface area (Å²) < 4.78 is 8.90. The molecule has 0 saturated carbocycles. The van der Waals surface area contributed by atoms with Crippen molar-refractivity contribution in [1.82, 2.24) is 4.37 Å². The number of carbonyl (C=O) groups excluding carboxylic acids is 2. The Kier molecular flexibility index (Phi) is 2.21. The maximum absolute atomic E-state index is 12.3. The zero-order valence-electron chi connectivity index (χ0n) is 9.26. The molecule has 5 nitrogen and oxygen atoms in total. The van der Waals surface area contributed by atoms with Gasteiger partial charge in [-0.05, 0) is 23.7 Å². The van der Waals surface area contributed by atoms with Crippen LogP contribution in [0.1, 0.15) is 31.2 Å². The second-order valence-corrected chi connectivity index (χ2v) is 4.53. The largest absolute Gasteiger partial charge is 0.507 e. The molecule has 1 aromatic heterocycles. The molecule has 1 N–H and O–H groups in total. The Labute approximate surface area is 106 Å². The van der Waals surface area contributed by atoms with Gasteiger partial charge < -0.3 is 9.84 Å². The number of phenolic OH excluding ortho intramolecular Hbond substituents is 1. The van der Waals surface area contributed by atoms with Crippen LogP contribution in [0.25, 0.3) is 0 Å². The number of aromatic hydroxyl groups is 1. The topological polar surface area (TPSA) is 76.5 Å². The zero-order valence-corrected chi connectivity index (χ0v) is 10.1. The van der Waals surface area contributed by atoms with Gasteiger partial charge in [0.25, 0.3) is 0 Å². The minimum absolute atomic E-state index is 0.0218. The number of ketones is 2. The first-order valence-corrected chi connectivity index (χ1v) is 5.87. The molecule has 3 rings (SSSR count). The van der Waals surface area contributed by atoms with E-state index in [1.807, 2.05) is 0 Å². The van der Waals surface area contributed by atoms with Crippen molar-refractivity contribution in [2.24, 2.45) is 0 Å². The Balaban J connectivity index is 2.34. The molecule has 0 fully saturated rings. The summed E-state index contributed by atoms with van der Waals surface area (Å²) in [5.74, 6) is -0.813. The van der Waals surface area contributed by atoms with Gasteiger partial charge in [-0.1, -0.05) is 6.07 Å². The number of hydrogen-bond donors (Lipinski definition) is 1. The number of methoxy groups -OCH3 is 1. The molecule has 90 valence electrons. The predicted octanol–water partition coefficient (Wildman–Crippen LogP) is 1.63. The van der Waals surface area contributed by atoms with Crippen molar-refractivity contribution in [3.05, 3.63) is 39.8 Å². The van der Waals surface area contributed by atoms with Crippen LogP contribution in [0.3, 0.4) is 0 Å². The molecule has 0 radical (unpaired) electrons. The van der Waals surface area contributed by atoms with Crippen LogP contribution < -0.4 is 4.74 Å². The highest BCUT2D eigenvalue weighted by Gasteiger charge is 2.36. The maximum atomic E-state index is 12.3. The van der Waals surface area contributed by atoms with E-state index in [1.54, 1.807) is 0 Å². The molecule has 0 atom stereocenters. The third-order valence-electron chi connectivity index (χ3n) is 2.80. The summed E-state index contributed by atoms with van der Waals surface area (Å²) in [6.45, 7) is 0. The van der Waals surface area contributed by atoms with E-state index in [0.717, 1.165) is 11.5 Å². The fourth-order valence-corrected chi connectivity index (χ4v) is 2.79. The molecule has 2 aromatic rings. The van der Waals surface area contributed by atoms with Crippen LogP contribution in [-0.2, 0) is 0 Å². The number of ether oxygens (including phenoxy) is 1. The number of hydrogen-bond acceptors (Lipinski definition) is 6. The highest BCUT2D eigenvalue weighted by Crippen LogP contribution is 2.38. The normalized spacial score (nSPS) is 13.2. The van der Waals surface area contributed by atoms with Crippen molar-refractivity contribution in [2.45, 2.75) is 0 Å². The Bertz CT molecular complexity index is 689. The standard InChI is InChI=1S/C12H7NO4S/c1-17-12-8-10(16)7-5(3-2-4-6(7)14)9(15)11(8)18-13-12/h2-4,14H,1H3/i1+1,2+1,3+1,4+1,5+1,6+1,7+1,8+1,9+1,10+1,11+1,12+1. The van der Waals surface area contributed by atoms with Crippen LogP contribution in [0, 0.1) is 0 Å². The Morgan fingerprint density at radius 3 is 2.72 bits per heavy atom. The van der Waals surface area contributed by atoms with Gasteiger partial charge in [0, 0.05) is 5.56 Å². The second kappa shape index (κ2) is 3.64. The fraction of sp³-hybridized carbons (Fsp3) is 0.0833. The average molecular weight is 273 g/mol. The van der Waals surface area contributed by atoms with Crippen LogP contribution in [0.15, 0.2) is 18.2 Å². The zero-order chi connectivity index (χ0) is 12.9. The predicted molar refractivity (Wildman–Crippen MR) is 63.6 cm³/mol. The molecule has 6 heteroatoms. The Morgan fingerprint density at radius 1 is 1.22 bits per heavy atom. The lowest BCUT2D eigenvalue weighted by Gasteiger charge is -2.14. The SMILES string of the molecule is [13CH3]O[13c]1ns[13c]2[13c]1[13C](=O)[13c]1[13c](O)[13cH][13cH][13cH][13c]1[13C]2=O. The van der Waals surface area contributed by atoms with E-state index in [0.29, 0.717) is 0 Å². The van der Waals surface area contributed by atoms with E-state index in [1.165, 1.54) is 25.3 Å². The summed E-state index contributed by atoms with van der Waals surface area (Å²) in [4.78, 5) is 24.7. The minimum atomic E-state index is -0.427. The lowest BCUT2D eigenvalue weighted by molar-refractivity contribution is 0.0977. The molecule has 0 aliphatic heterocycles. The van der Waals surface area contributed by atoms with E-state index in [9.17, 15) is 14.7 Å². The maximum Gasteiger partial charge on any atom is 0.237 e. The number of aromatic nitrogens is 1. The van der Waals surface area contributed by atoms with E-state index >= 15 is 0 Å². The van der Waals surface area contributed by atoms with E-state index in [4.69, 9.17) is 4.74 Å². The summed E-state index contributed by atoms with van der Waals surface area (Å²) >= 11 is 0.931. The van der Waals surface area contributed by atoms with Gasteiger partial charge in [0.15, 0.2) is 0 Å². The molecule has 0 unspecified atom stereocenters. The summed E-state index contributed by atoms with van der Waals surface area (Å²) in [5.41, 5.74) is 0.369. The summed E-state index contributed by atoms with van der Waals surface area (Å²) in [5, 5.41) is 9.74. The number of phenols is 1. The van der Waals surface area contributed by atoms with Gasteiger partial charge in [-0.25, -0.2) is 0 Å². The molecule has 1 aliphatic rings. The summed E-state index contributed by atoms with van der Waals surface area (Å²) in [6.07, 6.45) is 0. The number of nitrogens with zero attached hydrogens (tertiary/aromatic N) is 1. The molecule has 0 spiro atoms. The van der Waals surface area contributed by atoms with Gasteiger partial charge in [0.2, 0.25) is 17.4 Å². The number of benzene rings is 1. The van der Waals surface area contributed by atoms with Crippen molar-refractivity contribution in [2.75, 3.05) is 7.11 Å². The van der Waals surface area contributed by atoms with Crippen molar-refractivity contribution in [3.63, 3.8) is 0 Å². The molecule has 0 bridgehead atoms. The molecule has 18 heavy (non-hydrogen) atoms. The highest BCUT2D eigenvalue weighted by molar-refractivity contribution is 7.09. The van der Waals surface area contributed by atoms with Gasteiger partial charge in [-0.2, -0.15) is 4.37 Å². The van der Waals surface area contributed by atoms with Crippen molar-refractivity contribution >= 4 is 23.1 Å². The minimum Gasteiger partial charge on any atom is -0.507 e. The smallest absolute Gasteiger partial charge is 0.237 e. The van der Waals surface area contributed by atoms with Gasteiger partial charge in [0.05, 0.1) is 12.7 Å². The Morgan fingerprint density at radius 2 is 2.00 bits per heavy atom. The van der Waals surface area contributed by atoms with E-state index in [2.05, 4.69) is 4.37 Å². The average Bonchev–Trinajstić information content (AvgIpc) is 2.80. The number of fused-ring (bicyclic) bond motifs is 2. The van der Waals surface area contributed by atoms with Crippen molar-refractivity contribution in [1.29, 1.82) is 0 Å².